The molecule has 1 N–H and O–H groups in total. The molecule has 0 aliphatic carbocycles. The number of anilines is 1. The van der Waals surface area contributed by atoms with Crippen LogP contribution < -0.4 is 10.2 Å². The van der Waals surface area contributed by atoms with E-state index in [2.05, 4.69) is 49.8 Å². The van der Waals surface area contributed by atoms with Gasteiger partial charge in [-0.1, -0.05) is 13.3 Å². The Morgan fingerprint density at radius 3 is 2.61 bits per heavy atom. The summed E-state index contributed by atoms with van der Waals surface area (Å²) in [4.78, 5) is 8.23. The third-order valence-electron chi connectivity index (χ3n) is 2.77. The number of aromatic nitrogens is 1. The van der Waals surface area contributed by atoms with Gasteiger partial charge >= 0.3 is 0 Å². The zero-order valence-corrected chi connectivity index (χ0v) is 13.2. The van der Waals surface area contributed by atoms with Crippen molar-refractivity contribution in [3.05, 3.63) is 11.1 Å². The van der Waals surface area contributed by atoms with E-state index in [0.29, 0.717) is 0 Å². The van der Waals surface area contributed by atoms with Crippen molar-refractivity contribution in [2.75, 3.05) is 18.0 Å². The largest absolute Gasteiger partial charge is 0.348 e. The van der Waals surface area contributed by atoms with E-state index in [4.69, 9.17) is 0 Å². The highest BCUT2D eigenvalue weighted by atomic mass is 32.1. The molecule has 0 bridgehead atoms. The summed E-state index contributed by atoms with van der Waals surface area (Å²) in [7, 11) is 0. The lowest BCUT2D eigenvalue weighted by atomic mass is 10.1. The molecule has 0 unspecified atom stereocenters. The van der Waals surface area contributed by atoms with Crippen LogP contribution in [0.2, 0.25) is 0 Å². The van der Waals surface area contributed by atoms with Crippen molar-refractivity contribution in [3.63, 3.8) is 0 Å². The van der Waals surface area contributed by atoms with Crippen molar-refractivity contribution in [2.24, 2.45) is 0 Å². The Kier molecular flexibility index (Phi) is 6.09. The highest BCUT2D eigenvalue weighted by Crippen LogP contribution is 2.23. The average molecular weight is 269 g/mol. The van der Waals surface area contributed by atoms with E-state index in [1.165, 1.54) is 17.7 Å². The molecule has 0 fully saturated rings. The average Bonchev–Trinajstić information content (AvgIpc) is 2.75. The lowest BCUT2D eigenvalue weighted by molar-refractivity contribution is 0.426. The van der Waals surface area contributed by atoms with E-state index in [9.17, 15) is 0 Å². The number of nitrogens with one attached hydrogen (secondary N) is 1. The maximum atomic E-state index is 4.55. The molecule has 18 heavy (non-hydrogen) atoms. The molecule has 0 aliphatic rings. The quantitative estimate of drug-likeness (QED) is 0.819. The Balaban J connectivity index is 2.55. The molecular weight excluding hydrogens is 242 g/mol. The first-order chi connectivity index (χ1) is 8.46. The van der Waals surface area contributed by atoms with Gasteiger partial charge in [0.2, 0.25) is 0 Å². The van der Waals surface area contributed by atoms with Crippen LogP contribution in [0, 0.1) is 0 Å². The van der Waals surface area contributed by atoms with Gasteiger partial charge < -0.3 is 10.2 Å². The molecule has 1 rings (SSSR count). The number of thiazole rings is 1. The van der Waals surface area contributed by atoms with E-state index in [1.807, 2.05) is 17.5 Å². The van der Waals surface area contributed by atoms with Gasteiger partial charge in [-0.05, 0) is 34.1 Å². The van der Waals surface area contributed by atoms with Crippen LogP contribution in [0.1, 0.15) is 52.3 Å². The number of hydrogen-bond donors (Lipinski definition) is 1. The Morgan fingerprint density at radius 1 is 1.33 bits per heavy atom. The normalized spacial score (nSPS) is 11.8. The molecule has 0 saturated carbocycles. The maximum absolute atomic E-state index is 4.55. The molecule has 0 aromatic carbocycles. The molecule has 104 valence electrons. The minimum absolute atomic E-state index is 0.163. The molecule has 0 radical (unpaired) electrons. The molecule has 1 heterocycles. The van der Waals surface area contributed by atoms with Gasteiger partial charge in [-0.3, -0.25) is 0 Å². The van der Waals surface area contributed by atoms with Gasteiger partial charge in [-0.2, -0.15) is 0 Å². The molecular formula is C14H27N3S. The van der Waals surface area contributed by atoms with Crippen molar-refractivity contribution in [3.8, 4) is 0 Å². The summed E-state index contributed by atoms with van der Waals surface area (Å²) < 4.78 is 0. The fraction of sp³-hybridized carbons (Fsp3) is 0.786. The Morgan fingerprint density at radius 2 is 2.06 bits per heavy atom. The monoisotopic (exact) mass is 269 g/mol. The second-order valence-electron chi connectivity index (χ2n) is 5.65. The van der Waals surface area contributed by atoms with Crippen molar-refractivity contribution < 1.29 is 0 Å². The summed E-state index contributed by atoms with van der Waals surface area (Å²) in [5, 5.41) is 4.67. The Bertz CT molecular complexity index is 341. The van der Waals surface area contributed by atoms with Crippen molar-refractivity contribution >= 4 is 16.5 Å². The van der Waals surface area contributed by atoms with E-state index in [1.54, 1.807) is 0 Å². The van der Waals surface area contributed by atoms with E-state index < -0.39 is 0 Å². The maximum Gasteiger partial charge on any atom is 0.185 e. The molecule has 3 nitrogen and oxygen atoms in total. The standard InChI is InChI=1S/C14H27N3S/c1-6-8-9-17(7-2)13-15-10-12(18-13)11-16-14(3,4)5/h10,16H,6-9,11H2,1-5H3. The number of rotatable bonds is 7. The predicted octanol–water partition coefficient (Wildman–Crippen LogP) is 3.66. The second-order valence-corrected chi connectivity index (χ2v) is 6.74. The fourth-order valence-corrected chi connectivity index (χ4v) is 2.55. The summed E-state index contributed by atoms with van der Waals surface area (Å²) >= 11 is 1.81. The molecule has 0 saturated heterocycles. The summed E-state index contributed by atoms with van der Waals surface area (Å²) in [6, 6.07) is 0. The molecule has 1 aromatic rings. The van der Waals surface area contributed by atoms with Gasteiger partial charge in [0, 0.05) is 36.2 Å². The van der Waals surface area contributed by atoms with Gasteiger partial charge in [0.25, 0.3) is 0 Å². The van der Waals surface area contributed by atoms with Crippen LogP contribution in [0.25, 0.3) is 0 Å². The van der Waals surface area contributed by atoms with Crippen molar-refractivity contribution in [1.29, 1.82) is 0 Å². The predicted molar refractivity (Wildman–Crippen MR) is 81.5 cm³/mol. The highest BCUT2D eigenvalue weighted by molar-refractivity contribution is 7.15. The SMILES string of the molecule is CCCCN(CC)c1ncc(CNC(C)(C)C)s1. The molecule has 0 amide bonds. The van der Waals surface area contributed by atoms with Gasteiger partial charge in [0.05, 0.1) is 0 Å². The van der Waals surface area contributed by atoms with Gasteiger partial charge in [0.1, 0.15) is 0 Å². The second kappa shape index (κ2) is 7.10. The van der Waals surface area contributed by atoms with Crippen LogP contribution >= 0.6 is 11.3 Å². The summed E-state index contributed by atoms with van der Waals surface area (Å²) in [6.07, 6.45) is 4.48. The number of hydrogen-bond acceptors (Lipinski definition) is 4. The molecule has 0 spiro atoms. The molecule has 0 atom stereocenters. The minimum atomic E-state index is 0.163. The lowest BCUT2D eigenvalue weighted by Crippen LogP contribution is -2.34. The topological polar surface area (TPSA) is 28.2 Å². The highest BCUT2D eigenvalue weighted by Gasteiger charge is 2.12. The summed E-state index contributed by atoms with van der Waals surface area (Å²) in [5.74, 6) is 0. The summed E-state index contributed by atoms with van der Waals surface area (Å²) in [5.41, 5.74) is 0.163. The van der Waals surface area contributed by atoms with Gasteiger partial charge in [-0.15, -0.1) is 11.3 Å². The van der Waals surface area contributed by atoms with Crippen LogP contribution in [0.4, 0.5) is 5.13 Å². The van der Waals surface area contributed by atoms with Crippen LogP contribution in [-0.2, 0) is 6.54 Å². The lowest BCUT2D eigenvalue weighted by Gasteiger charge is -2.20. The van der Waals surface area contributed by atoms with Crippen LogP contribution in [0.15, 0.2) is 6.20 Å². The number of unbranched alkanes of at least 4 members (excludes halogenated alkanes) is 1. The summed E-state index contributed by atoms with van der Waals surface area (Å²) in [6.45, 7) is 14.1. The van der Waals surface area contributed by atoms with E-state index in [0.717, 1.165) is 24.8 Å². The first kappa shape index (κ1) is 15.4. The molecule has 4 heteroatoms. The minimum Gasteiger partial charge on any atom is -0.348 e. The Labute approximate surface area is 116 Å². The molecule has 0 aliphatic heterocycles. The van der Waals surface area contributed by atoms with Crippen LogP contribution in [0.3, 0.4) is 0 Å². The van der Waals surface area contributed by atoms with Gasteiger partial charge in [0.15, 0.2) is 5.13 Å². The molecule has 1 aromatic heterocycles. The first-order valence-corrected chi connectivity index (χ1v) is 7.72. The van der Waals surface area contributed by atoms with E-state index in [-0.39, 0.29) is 5.54 Å². The van der Waals surface area contributed by atoms with Gasteiger partial charge in [-0.25, -0.2) is 4.98 Å². The zero-order valence-electron chi connectivity index (χ0n) is 12.4. The smallest absolute Gasteiger partial charge is 0.185 e. The first-order valence-electron chi connectivity index (χ1n) is 6.91. The third-order valence-corrected chi connectivity index (χ3v) is 3.83. The van der Waals surface area contributed by atoms with Crippen LogP contribution in [-0.4, -0.2) is 23.6 Å². The van der Waals surface area contributed by atoms with Crippen molar-refractivity contribution in [1.82, 2.24) is 10.3 Å². The van der Waals surface area contributed by atoms with Crippen LogP contribution in [0.5, 0.6) is 0 Å². The fourth-order valence-electron chi connectivity index (χ4n) is 1.62. The third kappa shape index (κ3) is 5.36. The van der Waals surface area contributed by atoms with E-state index >= 15 is 0 Å². The Hall–Kier alpha value is -0.610. The van der Waals surface area contributed by atoms with Crippen molar-refractivity contribution in [2.45, 2.75) is 59.5 Å². The zero-order chi connectivity index (χ0) is 13.6. The number of nitrogens with zero attached hydrogens (tertiary/aromatic N) is 2.